The summed E-state index contributed by atoms with van der Waals surface area (Å²) >= 11 is 0. The summed E-state index contributed by atoms with van der Waals surface area (Å²) in [5.41, 5.74) is 1.78. The molecule has 0 saturated heterocycles. The highest BCUT2D eigenvalue weighted by Gasteiger charge is 2.17. The van der Waals surface area contributed by atoms with Crippen LogP contribution in [0.5, 0.6) is 0 Å². The molecule has 1 aliphatic carbocycles. The third-order valence-corrected chi connectivity index (χ3v) is 3.18. The fraction of sp³-hybridized carbons (Fsp3) is 0.462. The number of hydrogen-bond donors (Lipinski definition) is 0. The van der Waals surface area contributed by atoms with Crippen LogP contribution < -0.4 is 0 Å². The maximum absolute atomic E-state index is 12.1. The Balaban J connectivity index is 2.12. The zero-order valence-electron chi connectivity index (χ0n) is 8.71. The molecule has 1 aromatic rings. The zero-order chi connectivity index (χ0) is 10.7. The lowest BCUT2D eigenvalue weighted by Gasteiger charge is -2.09. The summed E-state index contributed by atoms with van der Waals surface area (Å²) in [4.78, 5) is 11.1. The molecule has 0 N–H and O–H groups in total. The highest BCUT2D eigenvalue weighted by Crippen LogP contribution is 2.33. The van der Waals surface area contributed by atoms with Crippen molar-refractivity contribution in [1.29, 1.82) is 0 Å². The van der Waals surface area contributed by atoms with E-state index in [1.165, 1.54) is 31.2 Å². The molecule has 2 heteroatoms. The minimum absolute atomic E-state index is 0.423. The maximum atomic E-state index is 12.1. The molecule has 15 heavy (non-hydrogen) atoms. The van der Waals surface area contributed by atoms with Crippen molar-refractivity contribution >= 4 is 5.78 Å². The Bertz CT molecular complexity index is 336. The van der Waals surface area contributed by atoms with Gasteiger partial charge in [-0.05, 0) is 24.3 Å². The third kappa shape index (κ3) is 2.25. The average molecular weight is 206 g/mol. The Hall–Kier alpha value is -1.18. The van der Waals surface area contributed by atoms with Crippen molar-refractivity contribution in [3.8, 4) is 0 Å². The molecule has 1 aromatic carbocycles. The monoisotopic (exact) mass is 206 g/mol. The van der Waals surface area contributed by atoms with Gasteiger partial charge in [0, 0.05) is 5.56 Å². The molecule has 1 fully saturated rings. The van der Waals surface area contributed by atoms with Gasteiger partial charge in [-0.25, -0.2) is 4.39 Å². The number of carbonyl (C=O) groups is 1. The molecule has 1 aliphatic rings. The van der Waals surface area contributed by atoms with Crippen LogP contribution in [0.2, 0.25) is 0 Å². The lowest BCUT2D eigenvalue weighted by molar-refractivity contribution is 0.0958. The summed E-state index contributed by atoms with van der Waals surface area (Å²) < 4.78 is 12.1. The van der Waals surface area contributed by atoms with Crippen LogP contribution in [-0.2, 0) is 0 Å². The predicted molar refractivity (Wildman–Crippen MR) is 58.0 cm³/mol. The second-order valence-corrected chi connectivity index (χ2v) is 4.16. The third-order valence-electron chi connectivity index (χ3n) is 3.18. The summed E-state index contributed by atoms with van der Waals surface area (Å²) in [7, 11) is 0. The van der Waals surface area contributed by atoms with Crippen molar-refractivity contribution in [2.75, 3.05) is 6.67 Å². The van der Waals surface area contributed by atoms with E-state index >= 15 is 0 Å². The topological polar surface area (TPSA) is 17.1 Å². The molecule has 0 atom stereocenters. The fourth-order valence-electron chi connectivity index (χ4n) is 2.28. The van der Waals surface area contributed by atoms with Gasteiger partial charge in [-0.3, -0.25) is 4.79 Å². The van der Waals surface area contributed by atoms with Crippen LogP contribution >= 0.6 is 0 Å². The van der Waals surface area contributed by atoms with Crippen molar-refractivity contribution in [2.45, 2.75) is 31.6 Å². The van der Waals surface area contributed by atoms with E-state index in [0.29, 0.717) is 11.5 Å². The molecule has 0 aliphatic heterocycles. The number of alkyl halides is 1. The number of halogens is 1. The highest BCUT2D eigenvalue weighted by molar-refractivity contribution is 5.96. The van der Waals surface area contributed by atoms with Crippen molar-refractivity contribution in [2.24, 2.45) is 0 Å². The average Bonchev–Trinajstić information content (AvgIpc) is 2.82. The summed E-state index contributed by atoms with van der Waals surface area (Å²) in [6.07, 6.45) is 5.10. The Kier molecular flexibility index (Phi) is 3.14. The first-order chi connectivity index (χ1) is 7.31. The van der Waals surface area contributed by atoms with Crippen molar-refractivity contribution in [1.82, 2.24) is 0 Å². The first kappa shape index (κ1) is 10.3. The quantitative estimate of drug-likeness (QED) is 0.692. The van der Waals surface area contributed by atoms with Gasteiger partial charge in [-0.15, -0.1) is 0 Å². The molecular formula is C13H15FO. The van der Waals surface area contributed by atoms with Crippen LogP contribution in [0.1, 0.15) is 47.5 Å². The molecular weight excluding hydrogens is 191 g/mol. The molecule has 2 rings (SSSR count). The van der Waals surface area contributed by atoms with Gasteiger partial charge >= 0.3 is 0 Å². The first-order valence-electron chi connectivity index (χ1n) is 5.50. The lowest BCUT2D eigenvalue weighted by atomic mass is 9.96. The van der Waals surface area contributed by atoms with Crippen LogP contribution in [0.4, 0.5) is 4.39 Å². The second kappa shape index (κ2) is 4.56. The van der Waals surface area contributed by atoms with E-state index in [2.05, 4.69) is 0 Å². The van der Waals surface area contributed by atoms with Gasteiger partial charge in [0.2, 0.25) is 0 Å². The van der Waals surface area contributed by atoms with E-state index in [1.54, 1.807) is 12.1 Å². The number of rotatable bonds is 3. The highest BCUT2D eigenvalue weighted by atomic mass is 19.1. The van der Waals surface area contributed by atoms with Gasteiger partial charge in [0.15, 0.2) is 12.5 Å². The van der Waals surface area contributed by atoms with E-state index in [4.69, 9.17) is 0 Å². The molecule has 0 unspecified atom stereocenters. The molecule has 80 valence electrons. The smallest absolute Gasteiger partial charge is 0.193 e. The number of benzene rings is 1. The van der Waals surface area contributed by atoms with Crippen LogP contribution in [-0.4, -0.2) is 12.5 Å². The van der Waals surface area contributed by atoms with E-state index in [0.717, 1.165) is 0 Å². The van der Waals surface area contributed by atoms with Gasteiger partial charge in [0.05, 0.1) is 0 Å². The first-order valence-corrected chi connectivity index (χ1v) is 5.50. The number of Topliss-reactive ketones (excluding diaryl/α,β-unsaturated/α-hetero) is 1. The molecule has 0 aromatic heterocycles. The van der Waals surface area contributed by atoms with Gasteiger partial charge in [0.25, 0.3) is 0 Å². The Labute approximate surface area is 89.3 Å². The van der Waals surface area contributed by atoms with Crippen molar-refractivity contribution in [3.63, 3.8) is 0 Å². The van der Waals surface area contributed by atoms with Gasteiger partial charge in [-0.2, -0.15) is 0 Å². The van der Waals surface area contributed by atoms with E-state index in [-0.39, 0.29) is 0 Å². The Morgan fingerprint density at radius 3 is 2.33 bits per heavy atom. The van der Waals surface area contributed by atoms with Gasteiger partial charge in [-0.1, -0.05) is 37.1 Å². The lowest BCUT2D eigenvalue weighted by Crippen LogP contribution is -2.01. The zero-order valence-corrected chi connectivity index (χ0v) is 8.71. The van der Waals surface area contributed by atoms with Crippen molar-refractivity contribution in [3.05, 3.63) is 35.4 Å². The predicted octanol–water partition coefficient (Wildman–Crippen LogP) is 3.50. The maximum Gasteiger partial charge on any atom is 0.193 e. The molecule has 0 amide bonds. The summed E-state index contributed by atoms with van der Waals surface area (Å²) in [5.74, 6) is 0.229. The largest absolute Gasteiger partial charge is 0.291 e. The number of ketones is 1. The number of hydrogen-bond acceptors (Lipinski definition) is 1. The van der Waals surface area contributed by atoms with Crippen LogP contribution in [0.3, 0.4) is 0 Å². The second-order valence-electron chi connectivity index (χ2n) is 4.16. The van der Waals surface area contributed by atoms with Gasteiger partial charge < -0.3 is 0 Å². The Morgan fingerprint density at radius 1 is 1.20 bits per heavy atom. The molecule has 0 heterocycles. The minimum atomic E-state index is -0.900. The van der Waals surface area contributed by atoms with Crippen LogP contribution in [0, 0.1) is 0 Å². The van der Waals surface area contributed by atoms with E-state index in [1.807, 2.05) is 12.1 Å². The number of carbonyl (C=O) groups excluding carboxylic acids is 1. The minimum Gasteiger partial charge on any atom is -0.291 e. The molecule has 0 bridgehead atoms. The summed E-state index contributed by atoms with van der Waals surface area (Å²) in [6, 6.07) is 7.43. The summed E-state index contributed by atoms with van der Waals surface area (Å²) in [5, 5.41) is 0. The standard InChI is InChI=1S/C13H15FO/c14-9-13(15)12-7-5-11(6-8-12)10-3-1-2-4-10/h5-8,10H,1-4,9H2. The molecule has 1 nitrogen and oxygen atoms in total. The molecule has 1 saturated carbocycles. The SMILES string of the molecule is O=C(CF)c1ccc(C2CCCC2)cc1. The van der Waals surface area contributed by atoms with Crippen LogP contribution in [0.15, 0.2) is 24.3 Å². The molecule has 0 spiro atoms. The van der Waals surface area contributed by atoms with Gasteiger partial charge in [0.1, 0.15) is 0 Å². The van der Waals surface area contributed by atoms with Crippen LogP contribution in [0.25, 0.3) is 0 Å². The molecule has 0 radical (unpaired) electrons. The van der Waals surface area contributed by atoms with Crippen molar-refractivity contribution < 1.29 is 9.18 Å². The van der Waals surface area contributed by atoms with E-state index < -0.39 is 12.5 Å². The van der Waals surface area contributed by atoms with E-state index in [9.17, 15) is 9.18 Å². The Morgan fingerprint density at radius 2 is 1.80 bits per heavy atom. The fourth-order valence-corrected chi connectivity index (χ4v) is 2.28. The summed E-state index contributed by atoms with van der Waals surface area (Å²) in [6.45, 7) is -0.900. The normalized spacial score (nSPS) is 16.9.